The molecule has 4 rings (SSSR count). The number of hydrogen-bond acceptors (Lipinski definition) is 1. The van der Waals surface area contributed by atoms with Crippen LogP contribution in [0.4, 0.5) is 22.0 Å². The van der Waals surface area contributed by atoms with Crippen molar-refractivity contribution < 1.29 is 26.7 Å². The van der Waals surface area contributed by atoms with E-state index in [9.17, 15) is 22.0 Å². The van der Waals surface area contributed by atoms with Gasteiger partial charge in [0.2, 0.25) is 0 Å². The molecule has 0 aliphatic heterocycles. The van der Waals surface area contributed by atoms with E-state index in [1.54, 1.807) is 24.3 Å². The van der Waals surface area contributed by atoms with Gasteiger partial charge in [0, 0.05) is 22.1 Å². The van der Waals surface area contributed by atoms with E-state index in [4.69, 9.17) is 0 Å². The van der Waals surface area contributed by atoms with Crippen molar-refractivity contribution in [3.8, 4) is 29.4 Å². The number of ether oxygens (including phenoxy) is 1. The number of rotatable bonds is 2. The van der Waals surface area contributed by atoms with Crippen molar-refractivity contribution in [1.29, 1.82) is 0 Å². The number of aryl methyl sites for hydroxylation is 1. The summed E-state index contributed by atoms with van der Waals surface area (Å²) in [5, 5.41) is 0.982. The molecule has 0 amide bonds. The summed E-state index contributed by atoms with van der Waals surface area (Å²) >= 11 is 0. The number of hydrogen-bond donors (Lipinski definition) is 0. The predicted molar refractivity (Wildman–Crippen MR) is 125 cm³/mol. The van der Waals surface area contributed by atoms with Crippen LogP contribution in [0.2, 0.25) is 0 Å². The molecule has 4 aromatic rings. The Balaban J connectivity index is 1.57. The van der Waals surface area contributed by atoms with Crippen molar-refractivity contribution in [3.05, 3.63) is 112 Å². The highest BCUT2D eigenvalue weighted by molar-refractivity contribution is 5.86. The molecule has 0 saturated carbocycles. The van der Waals surface area contributed by atoms with Crippen LogP contribution in [-0.4, -0.2) is 6.36 Å². The van der Waals surface area contributed by atoms with Crippen LogP contribution < -0.4 is 4.74 Å². The molecule has 0 aliphatic rings. The predicted octanol–water partition coefficient (Wildman–Crippen LogP) is 7.38. The Morgan fingerprint density at radius 2 is 1.34 bits per heavy atom. The van der Waals surface area contributed by atoms with Gasteiger partial charge in [-0.25, -0.2) is 8.78 Å². The lowest BCUT2D eigenvalue weighted by Gasteiger charge is -2.09. The van der Waals surface area contributed by atoms with Gasteiger partial charge in [-0.15, -0.1) is 13.2 Å². The zero-order valence-corrected chi connectivity index (χ0v) is 18.4. The van der Waals surface area contributed by atoms with Crippen LogP contribution in [-0.2, 0) is 6.42 Å². The summed E-state index contributed by atoms with van der Waals surface area (Å²) in [4.78, 5) is 0. The minimum absolute atomic E-state index is 0.0726. The molecule has 0 atom stereocenters. The molecule has 0 heterocycles. The molecule has 0 aromatic heterocycles. The average Bonchev–Trinajstić information content (AvgIpc) is 2.83. The Morgan fingerprint density at radius 1 is 0.714 bits per heavy atom. The summed E-state index contributed by atoms with van der Waals surface area (Å²) in [6, 6.07) is 19.1. The molecule has 0 saturated heterocycles. The fourth-order valence-electron chi connectivity index (χ4n) is 3.36. The molecule has 35 heavy (non-hydrogen) atoms. The van der Waals surface area contributed by atoms with Crippen molar-refractivity contribution in [2.24, 2.45) is 0 Å². The van der Waals surface area contributed by atoms with Crippen molar-refractivity contribution in [3.63, 3.8) is 0 Å². The SMILES string of the molecule is CCc1ccc(C#Cc2ccc3c(F)c(C#Cc4ccc(OC(F)(F)F)c(F)c4)ccc3c2)cc1. The number of halogens is 5. The van der Waals surface area contributed by atoms with Gasteiger partial charge in [0.25, 0.3) is 0 Å². The highest BCUT2D eigenvalue weighted by Crippen LogP contribution is 2.26. The molecule has 0 bridgehead atoms. The zero-order chi connectivity index (χ0) is 25.0. The van der Waals surface area contributed by atoms with Crippen LogP contribution >= 0.6 is 0 Å². The molecule has 0 radical (unpaired) electrons. The van der Waals surface area contributed by atoms with E-state index in [-0.39, 0.29) is 11.1 Å². The third-order valence-electron chi connectivity index (χ3n) is 5.17. The van der Waals surface area contributed by atoms with Gasteiger partial charge in [-0.1, -0.05) is 54.9 Å². The molecular formula is C29H17F5O. The highest BCUT2D eigenvalue weighted by atomic mass is 19.4. The minimum atomic E-state index is -5.01. The fraction of sp³-hybridized carbons (Fsp3) is 0.103. The van der Waals surface area contributed by atoms with Crippen molar-refractivity contribution in [2.75, 3.05) is 0 Å². The first-order chi connectivity index (χ1) is 16.7. The quantitative estimate of drug-likeness (QED) is 0.217. The van der Waals surface area contributed by atoms with Crippen LogP contribution in [0.5, 0.6) is 5.75 Å². The topological polar surface area (TPSA) is 9.23 Å². The maximum absolute atomic E-state index is 15.0. The van der Waals surface area contributed by atoms with E-state index in [0.717, 1.165) is 35.7 Å². The Kier molecular flexibility index (Phi) is 6.75. The van der Waals surface area contributed by atoms with Gasteiger partial charge in [0.05, 0.1) is 5.56 Å². The maximum atomic E-state index is 15.0. The Labute approximate surface area is 199 Å². The van der Waals surface area contributed by atoms with Crippen molar-refractivity contribution in [2.45, 2.75) is 19.7 Å². The van der Waals surface area contributed by atoms with Crippen LogP contribution in [0.1, 0.15) is 34.7 Å². The second-order valence-electron chi connectivity index (χ2n) is 7.61. The molecule has 0 N–H and O–H groups in total. The maximum Gasteiger partial charge on any atom is 0.573 e. The number of fused-ring (bicyclic) bond motifs is 1. The summed E-state index contributed by atoms with van der Waals surface area (Å²) < 4.78 is 69.2. The molecular weight excluding hydrogens is 459 g/mol. The highest BCUT2D eigenvalue weighted by Gasteiger charge is 2.32. The third kappa shape index (κ3) is 5.99. The lowest BCUT2D eigenvalue weighted by atomic mass is 10.0. The number of benzene rings is 4. The Hall–Kier alpha value is -4.29. The van der Waals surface area contributed by atoms with Gasteiger partial charge in [0.15, 0.2) is 11.6 Å². The lowest BCUT2D eigenvalue weighted by Crippen LogP contribution is -2.17. The van der Waals surface area contributed by atoms with Gasteiger partial charge < -0.3 is 4.74 Å². The normalized spacial score (nSPS) is 10.8. The summed E-state index contributed by atoms with van der Waals surface area (Å²) in [7, 11) is 0. The Bertz CT molecular complexity index is 1510. The first kappa shape index (κ1) is 23.9. The molecule has 174 valence electrons. The number of alkyl halides is 3. The molecule has 1 nitrogen and oxygen atoms in total. The van der Waals surface area contributed by atoms with Crippen molar-refractivity contribution in [1.82, 2.24) is 0 Å². The van der Waals surface area contributed by atoms with Gasteiger partial charge in [-0.2, -0.15) is 0 Å². The second kappa shape index (κ2) is 9.91. The first-order valence-corrected chi connectivity index (χ1v) is 10.6. The molecule has 4 aromatic carbocycles. The summed E-state index contributed by atoms with van der Waals surface area (Å²) in [5.41, 5.74) is 2.99. The average molecular weight is 476 g/mol. The van der Waals surface area contributed by atoms with E-state index in [1.165, 1.54) is 11.6 Å². The van der Waals surface area contributed by atoms with E-state index >= 15 is 0 Å². The van der Waals surface area contributed by atoms with Crippen LogP contribution in [0.3, 0.4) is 0 Å². The molecule has 6 heteroatoms. The van der Waals surface area contributed by atoms with Crippen LogP contribution in [0, 0.1) is 35.3 Å². The molecule has 0 aliphatic carbocycles. The van der Waals surface area contributed by atoms with Gasteiger partial charge in [-0.3, -0.25) is 0 Å². The largest absolute Gasteiger partial charge is 0.573 e. The van der Waals surface area contributed by atoms with E-state index in [0.29, 0.717) is 10.8 Å². The first-order valence-electron chi connectivity index (χ1n) is 10.6. The summed E-state index contributed by atoms with van der Waals surface area (Å²) in [6.07, 6.45) is -4.05. The zero-order valence-electron chi connectivity index (χ0n) is 18.4. The summed E-state index contributed by atoms with van der Waals surface area (Å²) in [6.45, 7) is 2.08. The van der Waals surface area contributed by atoms with Crippen LogP contribution in [0.15, 0.2) is 72.8 Å². The summed E-state index contributed by atoms with van der Waals surface area (Å²) in [5.74, 6) is 8.61. The lowest BCUT2D eigenvalue weighted by molar-refractivity contribution is -0.275. The fourth-order valence-corrected chi connectivity index (χ4v) is 3.36. The van der Waals surface area contributed by atoms with E-state index < -0.39 is 23.7 Å². The molecule has 0 fully saturated rings. The molecule has 0 spiro atoms. The second-order valence-corrected chi connectivity index (χ2v) is 7.61. The third-order valence-corrected chi connectivity index (χ3v) is 5.17. The monoisotopic (exact) mass is 476 g/mol. The van der Waals surface area contributed by atoms with Crippen molar-refractivity contribution >= 4 is 10.8 Å². The van der Waals surface area contributed by atoms with E-state index in [2.05, 4.69) is 35.3 Å². The smallest absolute Gasteiger partial charge is 0.403 e. The molecule has 0 unspecified atom stereocenters. The minimum Gasteiger partial charge on any atom is -0.403 e. The van der Waals surface area contributed by atoms with Gasteiger partial charge in [-0.05, 0) is 65.9 Å². The van der Waals surface area contributed by atoms with Gasteiger partial charge >= 0.3 is 6.36 Å². The van der Waals surface area contributed by atoms with Gasteiger partial charge in [0.1, 0.15) is 5.82 Å². The van der Waals surface area contributed by atoms with E-state index in [1.807, 2.05) is 24.3 Å². The standard InChI is InChI=1S/C29H17F5O/c1-2-19-3-5-20(6-4-19)7-8-21-10-15-25-24(17-21)14-13-23(28(25)31)12-9-22-11-16-27(26(30)18-22)35-29(32,33)34/h3-6,10-11,13-18H,2H2,1H3. The Morgan fingerprint density at radius 3 is 2.03 bits per heavy atom. The van der Waals surface area contributed by atoms with Crippen LogP contribution in [0.25, 0.3) is 10.8 Å².